The third kappa shape index (κ3) is 4.71. The number of benzene rings is 1. The number of aryl methyl sites for hydroxylation is 2. The molecule has 0 aromatic heterocycles. The lowest BCUT2D eigenvalue weighted by Crippen LogP contribution is -2.08. The molecule has 0 saturated heterocycles. The molecular formula is C13H20N2S. The van der Waals surface area contributed by atoms with Crippen LogP contribution in [0.4, 0.5) is 0 Å². The van der Waals surface area contributed by atoms with E-state index in [0.29, 0.717) is 5.84 Å². The standard InChI is InChI=1S/C13H20N2S/c1-10-6-7-12(9-11(10)2)16-8-4-3-5-13(14)15/h6-7,9H,3-5,8H2,1-2H3,(H3,14,15). The van der Waals surface area contributed by atoms with Crippen LogP contribution in [0, 0.1) is 19.3 Å². The molecule has 1 aromatic carbocycles. The van der Waals surface area contributed by atoms with Crippen molar-refractivity contribution >= 4 is 17.6 Å². The molecule has 0 aliphatic rings. The second-order valence-corrected chi connectivity index (χ2v) is 5.25. The lowest BCUT2D eigenvalue weighted by Gasteiger charge is -2.05. The van der Waals surface area contributed by atoms with E-state index >= 15 is 0 Å². The Labute approximate surface area is 102 Å². The van der Waals surface area contributed by atoms with Gasteiger partial charge in [-0.05, 0) is 55.7 Å². The van der Waals surface area contributed by atoms with Crippen molar-refractivity contribution in [3.8, 4) is 0 Å². The molecule has 1 aromatic rings. The summed E-state index contributed by atoms with van der Waals surface area (Å²) in [6.45, 7) is 4.28. The summed E-state index contributed by atoms with van der Waals surface area (Å²) in [6, 6.07) is 6.59. The fourth-order valence-electron chi connectivity index (χ4n) is 1.41. The number of thioether (sulfide) groups is 1. The van der Waals surface area contributed by atoms with Crippen molar-refractivity contribution in [3.63, 3.8) is 0 Å². The maximum atomic E-state index is 7.12. The third-order valence-electron chi connectivity index (χ3n) is 2.59. The normalized spacial score (nSPS) is 10.4. The second-order valence-electron chi connectivity index (χ2n) is 4.08. The predicted octanol–water partition coefficient (Wildman–Crippen LogP) is 3.50. The van der Waals surface area contributed by atoms with Crippen LogP contribution in [-0.2, 0) is 0 Å². The summed E-state index contributed by atoms with van der Waals surface area (Å²) in [5.74, 6) is 1.41. The molecule has 88 valence electrons. The lowest BCUT2D eigenvalue weighted by molar-refractivity contribution is 0.837. The van der Waals surface area contributed by atoms with Crippen LogP contribution in [0.2, 0.25) is 0 Å². The average Bonchev–Trinajstić information content (AvgIpc) is 2.22. The lowest BCUT2D eigenvalue weighted by atomic mass is 10.1. The fourth-order valence-corrected chi connectivity index (χ4v) is 2.42. The summed E-state index contributed by atoms with van der Waals surface area (Å²) < 4.78 is 0. The number of unbranched alkanes of at least 4 members (excludes halogenated alkanes) is 1. The predicted molar refractivity (Wildman–Crippen MR) is 72.4 cm³/mol. The first-order valence-corrected chi connectivity index (χ1v) is 6.61. The van der Waals surface area contributed by atoms with Gasteiger partial charge in [-0.15, -0.1) is 11.8 Å². The van der Waals surface area contributed by atoms with Crippen LogP contribution < -0.4 is 5.73 Å². The van der Waals surface area contributed by atoms with Gasteiger partial charge in [-0.1, -0.05) is 6.07 Å². The largest absolute Gasteiger partial charge is 0.388 e. The van der Waals surface area contributed by atoms with Crippen LogP contribution in [-0.4, -0.2) is 11.6 Å². The molecule has 2 nitrogen and oxygen atoms in total. The second kappa shape index (κ2) is 6.59. The maximum absolute atomic E-state index is 7.12. The van der Waals surface area contributed by atoms with E-state index in [0.717, 1.165) is 25.0 Å². The molecule has 0 heterocycles. The van der Waals surface area contributed by atoms with Gasteiger partial charge in [-0.3, -0.25) is 5.41 Å². The van der Waals surface area contributed by atoms with E-state index in [-0.39, 0.29) is 0 Å². The molecule has 0 unspecified atom stereocenters. The van der Waals surface area contributed by atoms with Crippen molar-refractivity contribution < 1.29 is 0 Å². The monoisotopic (exact) mass is 236 g/mol. The van der Waals surface area contributed by atoms with Crippen LogP contribution >= 0.6 is 11.8 Å². The van der Waals surface area contributed by atoms with E-state index in [4.69, 9.17) is 11.1 Å². The van der Waals surface area contributed by atoms with Crippen LogP contribution in [0.1, 0.15) is 30.4 Å². The van der Waals surface area contributed by atoms with Crippen molar-refractivity contribution in [2.75, 3.05) is 5.75 Å². The zero-order valence-corrected chi connectivity index (χ0v) is 10.9. The van der Waals surface area contributed by atoms with Crippen molar-refractivity contribution in [3.05, 3.63) is 29.3 Å². The van der Waals surface area contributed by atoms with Crippen molar-refractivity contribution in [1.29, 1.82) is 5.41 Å². The first-order chi connectivity index (χ1) is 7.59. The van der Waals surface area contributed by atoms with E-state index in [9.17, 15) is 0 Å². The minimum absolute atomic E-state index is 0.302. The molecule has 0 atom stereocenters. The van der Waals surface area contributed by atoms with Crippen molar-refractivity contribution in [1.82, 2.24) is 0 Å². The Morgan fingerprint density at radius 1 is 1.25 bits per heavy atom. The van der Waals surface area contributed by atoms with Crippen LogP contribution in [0.3, 0.4) is 0 Å². The van der Waals surface area contributed by atoms with Gasteiger partial charge in [0.05, 0.1) is 5.84 Å². The highest BCUT2D eigenvalue weighted by atomic mass is 32.2. The van der Waals surface area contributed by atoms with E-state index in [1.807, 2.05) is 11.8 Å². The summed E-state index contributed by atoms with van der Waals surface area (Å²) in [7, 11) is 0. The number of amidine groups is 1. The smallest absolute Gasteiger partial charge is 0.0905 e. The first kappa shape index (κ1) is 13.1. The van der Waals surface area contributed by atoms with Gasteiger partial charge in [-0.2, -0.15) is 0 Å². The van der Waals surface area contributed by atoms with Gasteiger partial charge in [0.25, 0.3) is 0 Å². The van der Waals surface area contributed by atoms with E-state index in [1.54, 1.807) is 0 Å². The topological polar surface area (TPSA) is 49.9 Å². The molecule has 0 bridgehead atoms. The Morgan fingerprint density at radius 3 is 2.62 bits per heavy atom. The Morgan fingerprint density at radius 2 is 2.00 bits per heavy atom. The molecule has 1 rings (SSSR count). The maximum Gasteiger partial charge on any atom is 0.0905 e. The third-order valence-corrected chi connectivity index (χ3v) is 3.67. The molecule has 0 aliphatic heterocycles. The van der Waals surface area contributed by atoms with Crippen LogP contribution in [0.25, 0.3) is 0 Å². The van der Waals surface area contributed by atoms with E-state index in [2.05, 4.69) is 32.0 Å². The summed E-state index contributed by atoms with van der Waals surface area (Å²) >= 11 is 1.88. The number of rotatable bonds is 6. The highest BCUT2D eigenvalue weighted by molar-refractivity contribution is 7.99. The molecule has 0 radical (unpaired) electrons. The number of hydrogen-bond donors (Lipinski definition) is 2. The average molecular weight is 236 g/mol. The molecule has 3 N–H and O–H groups in total. The molecule has 0 saturated carbocycles. The summed E-state index contributed by atoms with van der Waals surface area (Å²) in [5.41, 5.74) is 8.00. The van der Waals surface area contributed by atoms with Gasteiger partial charge < -0.3 is 5.73 Å². The Balaban J connectivity index is 2.27. The molecule has 0 spiro atoms. The minimum atomic E-state index is 0.302. The minimum Gasteiger partial charge on any atom is -0.388 e. The molecule has 0 fully saturated rings. The quantitative estimate of drug-likeness (QED) is 0.344. The van der Waals surface area contributed by atoms with Crippen LogP contribution in [0.15, 0.2) is 23.1 Å². The van der Waals surface area contributed by atoms with Crippen molar-refractivity contribution in [2.24, 2.45) is 5.73 Å². The van der Waals surface area contributed by atoms with Gasteiger partial charge in [0.15, 0.2) is 0 Å². The SMILES string of the molecule is Cc1ccc(SCCCCC(=N)N)cc1C. The van der Waals surface area contributed by atoms with Crippen molar-refractivity contribution in [2.45, 2.75) is 38.0 Å². The Kier molecular flexibility index (Phi) is 5.39. The van der Waals surface area contributed by atoms with Gasteiger partial charge in [0.1, 0.15) is 0 Å². The summed E-state index contributed by atoms with van der Waals surface area (Å²) in [5, 5.41) is 7.12. The summed E-state index contributed by atoms with van der Waals surface area (Å²) in [6.07, 6.45) is 2.87. The Bertz CT molecular complexity index is 361. The molecule has 0 aliphatic carbocycles. The highest BCUT2D eigenvalue weighted by Gasteiger charge is 1.97. The molecule has 16 heavy (non-hydrogen) atoms. The van der Waals surface area contributed by atoms with Gasteiger partial charge in [-0.25, -0.2) is 0 Å². The molecule has 3 heteroatoms. The van der Waals surface area contributed by atoms with E-state index in [1.165, 1.54) is 16.0 Å². The van der Waals surface area contributed by atoms with Gasteiger partial charge in [0, 0.05) is 11.3 Å². The number of hydrogen-bond acceptors (Lipinski definition) is 2. The molecule has 0 amide bonds. The zero-order chi connectivity index (χ0) is 12.0. The molecular weight excluding hydrogens is 216 g/mol. The Hall–Kier alpha value is -0.960. The van der Waals surface area contributed by atoms with Crippen LogP contribution in [0.5, 0.6) is 0 Å². The first-order valence-electron chi connectivity index (χ1n) is 5.62. The zero-order valence-electron chi connectivity index (χ0n) is 10.0. The summed E-state index contributed by atoms with van der Waals surface area (Å²) in [4.78, 5) is 1.34. The highest BCUT2D eigenvalue weighted by Crippen LogP contribution is 2.22. The number of nitrogens with one attached hydrogen (secondary N) is 1. The fraction of sp³-hybridized carbons (Fsp3) is 0.462. The number of nitrogens with two attached hydrogens (primary N) is 1. The van der Waals surface area contributed by atoms with Gasteiger partial charge >= 0.3 is 0 Å². The van der Waals surface area contributed by atoms with E-state index < -0.39 is 0 Å². The van der Waals surface area contributed by atoms with Gasteiger partial charge in [0.2, 0.25) is 0 Å².